The number of rotatable bonds is 7. The molecule has 0 bridgehead atoms. The summed E-state index contributed by atoms with van der Waals surface area (Å²) < 4.78 is 5.96. The molecule has 3 fully saturated rings. The van der Waals surface area contributed by atoms with Gasteiger partial charge in [0.05, 0.1) is 6.10 Å². The maximum Gasteiger partial charge on any atom is 0.0593 e. The van der Waals surface area contributed by atoms with Crippen molar-refractivity contribution in [3.8, 4) is 0 Å². The maximum absolute atomic E-state index is 6.26. The van der Waals surface area contributed by atoms with Crippen LogP contribution in [0.4, 0.5) is 0 Å². The second-order valence-electron chi connectivity index (χ2n) is 6.99. The van der Waals surface area contributed by atoms with Crippen molar-refractivity contribution in [2.75, 3.05) is 19.7 Å². The van der Waals surface area contributed by atoms with Gasteiger partial charge in [-0.2, -0.15) is 0 Å². The quantitative estimate of drug-likeness (QED) is 0.769. The van der Waals surface area contributed by atoms with E-state index in [1.165, 1.54) is 51.5 Å². The first kappa shape index (κ1) is 13.8. The highest BCUT2D eigenvalue weighted by molar-refractivity contribution is 5.03. The highest BCUT2D eigenvalue weighted by Gasteiger charge is 2.47. The molecule has 1 heterocycles. The fourth-order valence-corrected chi connectivity index (χ4v) is 3.77. The average molecular weight is 266 g/mol. The smallest absolute Gasteiger partial charge is 0.0593 e. The standard InChI is InChI=1S/C16H30N2O/c1-2-3-15-10-16(12-17,8-9-19-15)18(14-6-7-14)11-13-4-5-13/h13-15H,2-12,17H2,1H3. The van der Waals surface area contributed by atoms with E-state index in [0.717, 1.165) is 31.5 Å². The molecule has 3 rings (SSSR count). The van der Waals surface area contributed by atoms with Crippen molar-refractivity contribution in [1.82, 2.24) is 4.90 Å². The Bertz CT molecular complexity index is 299. The van der Waals surface area contributed by atoms with E-state index < -0.39 is 0 Å². The Balaban J connectivity index is 1.70. The molecule has 1 saturated heterocycles. The first-order chi connectivity index (χ1) is 9.27. The van der Waals surface area contributed by atoms with Crippen molar-refractivity contribution in [1.29, 1.82) is 0 Å². The summed E-state index contributed by atoms with van der Waals surface area (Å²) in [5.74, 6) is 0.969. The van der Waals surface area contributed by atoms with Crippen molar-refractivity contribution < 1.29 is 4.74 Å². The van der Waals surface area contributed by atoms with Crippen molar-refractivity contribution in [2.45, 2.75) is 76.0 Å². The van der Waals surface area contributed by atoms with Gasteiger partial charge in [-0.25, -0.2) is 0 Å². The summed E-state index contributed by atoms with van der Waals surface area (Å²) in [4.78, 5) is 2.82. The van der Waals surface area contributed by atoms with E-state index in [1.807, 2.05) is 0 Å². The molecule has 3 aliphatic rings. The molecule has 0 spiro atoms. The van der Waals surface area contributed by atoms with Crippen LogP contribution in [0.15, 0.2) is 0 Å². The van der Waals surface area contributed by atoms with Crippen molar-refractivity contribution >= 4 is 0 Å². The van der Waals surface area contributed by atoms with Gasteiger partial charge >= 0.3 is 0 Å². The lowest BCUT2D eigenvalue weighted by Crippen LogP contribution is -2.59. The molecule has 0 aromatic carbocycles. The molecular formula is C16H30N2O. The third kappa shape index (κ3) is 3.14. The summed E-state index contributed by atoms with van der Waals surface area (Å²) in [6.45, 7) is 5.29. The van der Waals surface area contributed by atoms with Gasteiger partial charge < -0.3 is 10.5 Å². The van der Waals surface area contributed by atoms with E-state index in [9.17, 15) is 0 Å². The number of hydrogen-bond acceptors (Lipinski definition) is 3. The van der Waals surface area contributed by atoms with E-state index in [2.05, 4.69) is 11.8 Å². The summed E-state index contributed by atoms with van der Waals surface area (Å²) in [6, 6.07) is 0.838. The zero-order chi connectivity index (χ0) is 13.3. The third-order valence-corrected chi connectivity index (χ3v) is 5.27. The predicted molar refractivity (Wildman–Crippen MR) is 78.1 cm³/mol. The van der Waals surface area contributed by atoms with Crippen molar-refractivity contribution in [3.05, 3.63) is 0 Å². The Morgan fingerprint density at radius 3 is 2.63 bits per heavy atom. The minimum atomic E-state index is 0.252. The van der Waals surface area contributed by atoms with Crippen LogP contribution in [0.1, 0.15) is 58.3 Å². The van der Waals surface area contributed by atoms with Crippen LogP contribution in [0.2, 0.25) is 0 Å². The predicted octanol–water partition coefficient (Wildman–Crippen LogP) is 2.54. The van der Waals surface area contributed by atoms with Crippen LogP contribution in [0, 0.1) is 5.92 Å². The first-order valence-corrected chi connectivity index (χ1v) is 8.36. The molecule has 2 atom stereocenters. The highest BCUT2D eigenvalue weighted by atomic mass is 16.5. The number of nitrogens with zero attached hydrogens (tertiary/aromatic N) is 1. The molecule has 2 saturated carbocycles. The minimum Gasteiger partial charge on any atom is -0.378 e. The van der Waals surface area contributed by atoms with Crippen LogP contribution in [-0.2, 0) is 4.74 Å². The van der Waals surface area contributed by atoms with Crippen LogP contribution in [0.3, 0.4) is 0 Å². The van der Waals surface area contributed by atoms with Crippen LogP contribution >= 0.6 is 0 Å². The Hall–Kier alpha value is -0.120. The molecule has 0 radical (unpaired) electrons. The lowest BCUT2D eigenvalue weighted by molar-refractivity contribution is -0.0779. The SMILES string of the molecule is CCCC1CC(CN)(N(CC2CC2)C2CC2)CCO1. The zero-order valence-corrected chi connectivity index (χ0v) is 12.4. The first-order valence-electron chi connectivity index (χ1n) is 8.36. The fraction of sp³-hybridized carbons (Fsp3) is 1.00. The lowest BCUT2D eigenvalue weighted by Gasteiger charge is -2.48. The normalized spacial score (nSPS) is 35.8. The molecule has 2 N–H and O–H groups in total. The van der Waals surface area contributed by atoms with Gasteiger partial charge in [0.2, 0.25) is 0 Å². The molecule has 0 aromatic heterocycles. The molecule has 2 unspecified atom stereocenters. The Labute approximate surface area is 117 Å². The second kappa shape index (κ2) is 5.71. The third-order valence-electron chi connectivity index (χ3n) is 5.27. The highest BCUT2D eigenvalue weighted by Crippen LogP contribution is 2.43. The second-order valence-corrected chi connectivity index (χ2v) is 6.99. The number of ether oxygens (including phenoxy) is 1. The molecule has 1 aliphatic heterocycles. The Morgan fingerprint density at radius 2 is 2.05 bits per heavy atom. The van der Waals surface area contributed by atoms with E-state index in [1.54, 1.807) is 0 Å². The molecule has 19 heavy (non-hydrogen) atoms. The van der Waals surface area contributed by atoms with Gasteiger partial charge in [0.1, 0.15) is 0 Å². The fourth-order valence-electron chi connectivity index (χ4n) is 3.77. The number of nitrogens with two attached hydrogens (primary N) is 1. The van der Waals surface area contributed by atoms with Gasteiger partial charge in [0, 0.05) is 31.3 Å². The van der Waals surface area contributed by atoms with E-state index in [-0.39, 0.29) is 5.54 Å². The zero-order valence-electron chi connectivity index (χ0n) is 12.4. The average Bonchev–Trinajstić information content (AvgIpc) is 3.28. The van der Waals surface area contributed by atoms with Crippen LogP contribution in [-0.4, -0.2) is 42.3 Å². The van der Waals surface area contributed by atoms with Gasteiger partial charge in [-0.1, -0.05) is 13.3 Å². The number of hydrogen-bond donors (Lipinski definition) is 1. The molecule has 3 heteroatoms. The van der Waals surface area contributed by atoms with Gasteiger partial charge in [0.15, 0.2) is 0 Å². The maximum atomic E-state index is 6.26. The molecule has 110 valence electrons. The summed E-state index contributed by atoms with van der Waals surface area (Å²) in [5, 5.41) is 0. The molecule has 3 nitrogen and oxygen atoms in total. The van der Waals surface area contributed by atoms with Crippen LogP contribution < -0.4 is 5.73 Å². The van der Waals surface area contributed by atoms with Gasteiger partial charge in [-0.3, -0.25) is 4.90 Å². The Kier molecular flexibility index (Phi) is 4.16. The van der Waals surface area contributed by atoms with Gasteiger partial charge in [-0.15, -0.1) is 0 Å². The monoisotopic (exact) mass is 266 g/mol. The van der Waals surface area contributed by atoms with Crippen molar-refractivity contribution in [3.63, 3.8) is 0 Å². The van der Waals surface area contributed by atoms with Crippen LogP contribution in [0.5, 0.6) is 0 Å². The summed E-state index contributed by atoms with van der Waals surface area (Å²) in [7, 11) is 0. The molecule has 0 aromatic rings. The van der Waals surface area contributed by atoms with E-state index >= 15 is 0 Å². The Morgan fingerprint density at radius 1 is 1.26 bits per heavy atom. The summed E-state index contributed by atoms with van der Waals surface area (Å²) >= 11 is 0. The minimum absolute atomic E-state index is 0.252. The molecule has 0 amide bonds. The largest absolute Gasteiger partial charge is 0.378 e. The molecule has 2 aliphatic carbocycles. The van der Waals surface area contributed by atoms with Crippen molar-refractivity contribution in [2.24, 2.45) is 11.7 Å². The topological polar surface area (TPSA) is 38.5 Å². The van der Waals surface area contributed by atoms with Crippen LogP contribution in [0.25, 0.3) is 0 Å². The van der Waals surface area contributed by atoms with Gasteiger partial charge in [-0.05, 0) is 50.9 Å². The summed E-state index contributed by atoms with van der Waals surface area (Å²) in [6.07, 6.45) is 10.9. The van der Waals surface area contributed by atoms with Gasteiger partial charge in [0.25, 0.3) is 0 Å². The molecular weight excluding hydrogens is 236 g/mol. The van der Waals surface area contributed by atoms with E-state index in [4.69, 9.17) is 10.5 Å². The lowest BCUT2D eigenvalue weighted by atomic mass is 9.83. The summed E-state index contributed by atoms with van der Waals surface area (Å²) in [5.41, 5.74) is 6.51. The van der Waals surface area contributed by atoms with E-state index in [0.29, 0.717) is 6.10 Å².